The molecule has 1 heterocycles. The highest BCUT2D eigenvalue weighted by Crippen LogP contribution is 2.45. The molecule has 2 aliphatic carbocycles. The minimum atomic E-state index is 0.685. The summed E-state index contributed by atoms with van der Waals surface area (Å²) in [6, 6.07) is 2.64. The topological polar surface area (TPSA) is 37.8 Å². The third kappa shape index (κ3) is 1.72. The summed E-state index contributed by atoms with van der Waals surface area (Å²) in [6.07, 6.45) is 9.02. The molecule has 2 fully saturated rings. The fourth-order valence-electron chi connectivity index (χ4n) is 2.08. The SMILES string of the molecule is c1cc(NC(C2CC2)C2CC2)ncn1. The molecular weight excluding hydrogens is 174 g/mol. The molecule has 0 spiro atoms. The van der Waals surface area contributed by atoms with Gasteiger partial charge in [-0.1, -0.05) is 0 Å². The quantitative estimate of drug-likeness (QED) is 0.788. The number of aromatic nitrogens is 2. The highest BCUT2D eigenvalue weighted by atomic mass is 15.0. The number of anilines is 1. The Labute approximate surface area is 84.0 Å². The minimum absolute atomic E-state index is 0.685. The van der Waals surface area contributed by atoms with Crippen LogP contribution in [0.15, 0.2) is 18.6 Å². The molecule has 1 aromatic rings. The number of nitrogens with one attached hydrogen (secondary N) is 1. The second-order valence-electron chi connectivity index (χ2n) is 4.44. The van der Waals surface area contributed by atoms with E-state index >= 15 is 0 Å². The van der Waals surface area contributed by atoms with Gasteiger partial charge in [0.15, 0.2) is 0 Å². The Balaban J connectivity index is 1.69. The summed E-state index contributed by atoms with van der Waals surface area (Å²) < 4.78 is 0. The van der Waals surface area contributed by atoms with Crippen molar-refractivity contribution in [3.05, 3.63) is 18.6 Å². The molecule has 3 heteroatoms. The van der Waals surface area contributed by atoms with E-state index in [1.54, 1.807) is 12.5 Å². The van der Waals surface area contributed by atoms with Gasteiger partial charge in [-0.2, -0.15) is 0 Å². The van der Waals surface area contributed by atoms with Crippen LogP contribution in [0.25, 0.3) is 0 Å². The normalized spacial score (nSPS) is 21.2. The van der Waals surface area contributed by atoms with E-state index < -0.39 is 0 Å². The van der Waals surface area contributed by atoms with Crippen LogP contribution in [0.2, 0.25) is 0 Å². The molecule has 14 heavy (non-hydrogen) atoms. The van der Waals surface area contributed by atoms with Crippen molar-refractivity contribution in [2.45, 2.75) is 31.7 Å². The maximum Gasteiger partial charge on any atom is 0.129 e. The van der Waals surface area contributed by atoms with Gasteiger partial charge in [-0.05, 0) is 43.6 Å². The van der Waals surface area contributed by atoms with Gasteiger partial charge in [0, 0.05) is 12.2 Å². The van der Waals surface area contributed by atoms with E-state index in [9.17, 15) is 0 Å². The van der Waals surface area contributed by atoms with Gasteiger partial charge in [0.05, 0.1) is 0 Å². The third-order valence-electron chi connectivity index (χ3n) is 3.16. The average molecular weight is 189 g/mol. The van der Waals surface area contributed by atoms with Gasteiger partial charge in [0.1, 0.15) is 12.1 Å². The van der Waals surface area contributed by atoms with Gasteiger partial charge in [-0.15, -0.1) is 0 Å². The van der Waals surface area contributed by atoms with Gasteiger partial charge in [0.25, 0.3) is 0 Å². The van der Waals surface area contributed by atoms with Crippen LogP contribution in [0.5, 0.6) is 0 Å². The van der Waals surface area contributed by atoms with E-state index in [-0.39, 0.29) is 0 Å². The van der Waals surface area contributed by atoms with Crippen LogP contribution >= 0.6 is 0 Å². The van der Waals surface area contributed by atoms with Crippen LogP contribution in [-0.4, -0.2) is 16.0 Å². The maximum absolute atomic E-state index is 4.22. The van der Waals surface area contributed by atoms with E-state index in [0.717, 1.165) is 17.7 Å². The predicted molar refractivity (Wildman–Crippen MR) is 54.9 cm³/mol. The van der Waals surface area contributed by atoms with E-state index in [4.69, 9.17) is 0 Å². The van der Waals surface area contributed by atoms with E-state index in [1.165, 1.54) is 25.7 Å². The van der Waals surface area contributed by atoms with Crippen LogP contribution in [0.3, 0.4) is 0 Å². The first-order valence-corrected chi connectivity index (χ1v) is 5.46. The average Bonchev–Trinajstić information content (AvgIpc) is 3.08. The van der Waals surface area contributed by atoms with E-state index in [0.29, 0.717) is 6.04 Å². The van der Waals surface area contributed by atoms with Crippen molar-refractivity contribution in [3.63, 3.8) is 0 Å². The van der Waals surface area contributed by atoms with Gasteiger partial charge < -0.3 is 5.32 Å². The van der Waals surface area contributed by atoms with Crippen molar-refractivity contribution in [3.8, 4) is 0 Å². The lowest BCUT2D eigenvalue weighted by atomic mass is 10.1. The third-order valence-corrected chi connectivity index (χ3v) is 3.16. The first-order valence-electron chi connectivity index (χ1n) is 5.46. The molecule has 0 amide bonds. The van der Waals surface area contributed by atoms with Crippen molar-refractivity contribution >= 4 is 5.82 Å². The molecule has 3 rings (SSSR count). The molecule has 0 aliphatic heterocycles. The van der Waals surface area contributed by atoms with Gasteiger partial charge in [0.2, 0.25) is 0 Å². The molecule has 2 saturated carbocycles. The molecule has 0 saturated heterocycles. The Hall–Kier alpha value is -1.12. The summed E-state index contributed by atoms with van der Waals surface area (Å²) in [6.45, 7) is 0. The zero-order valence-electron chi connectivity index (χ0n) is 8.19. The molecule has 74 valence electrons. The second-order valence-corrected chi connectivity index (χ2v) is 4.44. The molecule has 0 unspecified atom stereocenters. The van der Waals surface area contributed by atoms with E-state index in [1.807, 2.05) is 6.07 Å². The molecule has 0 radical (unpaired) electrons. The molecule has 2 aliphatic rings. The standard InChI is InChI=1S/C11H15N3/c1-2-8(1)11(9-3-4-9)14-10-5-6-12-7-13-10/h5-9,11H,1-4H2,(H,12,13,14). The van der Waals surface area contributed by atoms with Gasteiger partial charge >= 0.3 is 0 Å². The van der Waals surface area contributed by atoms with Crippen LogP contribution in [0.4, 0.5) is 5.82 Å². The van der Waals surface area contributed by atoms with Gasteiger partial charge in [-0.3, -0.25) is 0 Å². The Kier molecular flexibility index (Phi) is 1.89. The summed E-state index contributed by atoms with van der Waals surface area (Å²) in [4.78, 5) is 8.14. The number of hydrogen-bond acceptors (Lipinski definition) is 3. The zero-order chi connectivity index (χ0) is 9.38. The molecule has 0 bridgehead atoms. The molecule has 0 aromatic carbocycles. The van der Waals surface area contributed by atoms with Crippen LogP contribution in [-0.2, 0) is 0 Å². The largest absolute Gasteiger partial charge is 0.367 e. The first kappa shape index (κ1) is 8.21. The summed E-state index contributed by atoms with van der Waals surface area (Å²) in [5.74, 6) is 2.82. The molecule has 1 N–H and O–H groups in total. The monoisotopic (exact) mass is 189 g/mol. The highest BCUT2D eigenvalue weighted by Gasteiger charge is 2.41. The van der Waals surface area contributed by atoms with Crippen molar-refractivity contribution in [2.75, 3.05) is 5.32 Å². The molecule has 0 atom stereocenters. The Morgan fingerprint density at radius 1 is 1.21 bits per heavy atom. The summed E-state index contributed by atoms with van der Waals surface area (Å²) in [5.41, 5.74) is 0. The lowest BCUT2D eigenvalue weighted by molar-refractivity contribution is 0.565. The lowest BCUT2D eigenvalue weighted by Gasteiger charge is -2.17. The Bertz CT molecular complexity index is 292. The highest BCUT2D eigenvalue weighted by molar-refractivity contribution is 5.34. The lowest BCUT2D eigenvalue weighted by Crippen LogP contribution is -2.24. The minimum Gasteiger partial charge on any atom is -0.367 e. The predicted octanol–water partition coefficient (Wildman–Crippen LogP) is 2.08. The fraction of sp³-hybridized carbons (Fsp3) is 0.636. The van der Waals surface area contributed by atoms with Crippen molar-refractivity contribution in [1.29, 1.82) is 0 Å². The summed E-state index contributed by atoms with van der Waals surface area (Å²) in [5, 5.41) is 3.55. The van der Waals surface area contributed by atoms with Crippen LogP contribution < -0.4 is 5.32 Å². The Morgan fingerprint density at radius 3 is 2.43 bits per heavy atom. The summed E-state index contributed by atoms with van der Waals surface area (Å²) >= 11 is 0. The van der Waals surface area contributed by atoms with Crippen molar-refractivity contribution in [2.24, 2.45) is 11.8 Å². The molecule has 1 aromatic heterocycles. The smallest absolute Gasteiger partial charge is 0.129 e. The van der Waals surface area contributed by atoms with Crippen molar-refractivity contribution < 1.29 is 0 Å². The number of rotatable bonds is 4. The second kappa shape index (κ2) is 3.23. The molecular formula is C11H15N3. The van der Waals surface area contributed by atoms with Crippen LogP contribution in [0, 0.1) is 11.8 Å². The Morgan fingerprint density at radius 2 is 1.93 bits per heavy atom. The number of nitrogens with zero attached hydrogens (tertiary/aromatic N) is 2. The zero-order valence-corrected chi connectivity index (χ0v) is 8.19. The maximum atomic E-state index is 4.22. The van der Waals surface area contributed by atoms with E-state index in [2.05, 4.69) is 15.3 Å². The van der Waals surface area contributed by atoms with Crippen LogP contribution in [0.1, 0.15) is 25.7 Å². The van der Waals surface area contributed by atoms with Gasteiger partial charge in [-0.25, -0.2) is 9.97 Å². The number of hydrogen-bond donors (Lipinski definition) is 1. The first-order chi connectivity index (χ1) is 6.93. The van der Waals surface area contributed by atoms with Crippen molar-refractivity contribution in [1.82, 2.24) is 9.97 Å². The fourth-order valence-corrected chi connectivity index (χ4v) is 2.08. The molecule has 3 nitrogen and oxygen atoms in total. The summed E-state index contributed by atoms with van der Waals surface area (Å²) in [7, 11) is 0.